The third kappa shape index (κ3) is 3.44. The number of rotatable bonds is 4. The van der Waals surface area contributed by atoms with Crippen molar-refractivity contribution in [2.75, 3.05) is 13.2 Å². The van der Waals surface area contributed by atoms with Gasteiger partial charge in [0.1, 0.15) is 0 Å². The van der Waals surface area contributed by atoms with Crippen LogP contribution in [0.15, 0.2) is 0 Å². The average molecular weight is 387 g/mol. The number of hydrogen-bond acceptors (Lipinski definition) is 3. The van der Waals surface area contributed by atoms with Crippen LogP contribution in [-0.4, -0.2) is 36.2 Å². The Kier molecular flexibility index (Phi) is 5.80. The molecule has 5 nitrogen and oxygen atoms in total. The van der Waals surface area contributed by atoms with Crippen molar-refractivity contribution in [2.24, 2.45) is 0 Å². The van der Waals surface area contributed by atoms with Crippen LogP contribution in [0, 0.1) is 0 Å². The summed E-state index contributed by atoms with van der Waals surface area (Å²) in [7, 11) is 0. The highest BCUT2D eigenvalue weighted by atomic mass is 35.5. The van der Waals surface area contributed by atoms with Gasteiger partial charge >= 0.3 is 5.97 Å². The van der Waals surface area contributed by atoms with Gasteiger partial charge in [-0.25, -0.2) is 4.79 Å². The normalized spacial score (nSPS) is 17.5. The molecule has 22 heavy (non-hydrogen) atoms. The average Bonchev–Trinajstić information content (AvgIpc) is 2.99. The second-order valence-corrected chi connectivity index (χ2v) is 6.17. The molecule has 1 atom stereocenters. The van der Waals surface area contributed by atoms with Crippen LogP contribution in [0.25, 0.3) is 0 Å². The van der Waals surface area contributed by atoms with E-state index in [1.165, 1.54) is 0 Å². The molecule has 1 aromatic carbocycles. The lowest BCUT2D eigenvalue weighted by Gasteiger charge is -2.15. The largest absolute Gasteiger partial charge is 0.478 e. The van der Waals surface area contributed by atoms with Crippen LogP contribution in [0.1, 0.15) is 33.6 Å². The maximum absolute atomic E-state index is 12.3. The van der Waals surface area contributed by atoms with Crippen molar-refractivity contribution < 1.29 is 19.4 Å². The standard InChI is InChI=1S/C13H11Cl4NO4/c14-8-6(12(19)18-4-5-2-1-3-22-5)7(13(20)21)9(15)11(17)10(8)16/h5H,1-4H2,(H,18,19)(H,20,21)/t5-/m1/s1. The molecule has 0 saturated carbocycles. The first-order valence-electron chi connectivity index (χ1n) is 6.33. The topological polar surface area (TPSA) is 75.6 Å². The summed E-state index contributed by atoms with van der Waals surface area (Å²) < 4.78 is 5.38. The Bertz CT molecular complexity index is 629. The summed E-state index contributed by atoms with van der Waals surface area (Å²) in [5.41, 5.74) is -0.794. The Morgan fingerprint density at radius 2 is 1.68 bits per heavy atom. The number of amides is 1. The Morgan fingerprint density at radius 1 is 1.09 bits per heavy atom. The molecule has 120 valence electrons. The van der Waals surface area contributed by atoms with E-state index in [1.807, 2.05) is 0 Å². The number of carbonyl (C=O) groups is 2. The molecule has 2 N–H and O–H groups in total. The number of benzene rings is 1. The zero-order chi connectivity index (χ0) is 16.4. The Balaban J connectivity index is 2.35. The molecule has 0 bridgehead atoms. The van der Waals surface area contributed by atoms with Gasteiger partial charge < -0.3 is 15.2 Å². The summed E-state index contributed by atoms with van der Waals surface area (Å²) in [6.07, 6.45) is 1.64. The van der Waals surface area contributed by atoms with Crippen molar-refractivity contribution in [1.82, 2.24) is 5.32 Å². The third-order valence-electron chi connectivity index (χ3n) is 3.22. The number of hydrogen-bond donors (Lipinski definition) is 2. The number of halogens is 4. The summed E-state index contributed by atoms with van der Waals surface area (Å²) in [4.78, 5) is 23.7. The lowest BCUT2D eigenvalue weighted by Crippen LogP contribution is -2.33. The van der Waals surface area contributed by atoms with Crippen molar-refractivity contribution in [3.8, 4) is 0 Å². The van der Waals surface area contributed by atoms with E-state index in [2.05, 4.69) is 5.32 Å². The van der Waals surface area contributed by atoms with Crippen molar-refractivity contribution in [2.45, 2.75) is 18.9 Å². The van der Waals surface area contributed by atoms with Gasteiger partial charge in [0.15, 0.2) is 0 Å². The SMILES string of the molecule is O=C(O)c1c(Cl)c(Cl)c(Cl)c(Cl)c1C(=O)NC[C@H]1CCCO1. The van der Waals surface area contributed by atoms with E-state index in [0.29, 0.717) is 6.61 Å². The first-order valence-corrected chi connectivity index (χ1v) is 7.84. The summed E-state index contributed by atoms with van der Waals surface area (Å²) >= 11 is 23.6. The number of carboxylic acid groups (broad SMARTS) is 1. The van der Waals surface area contributed by atoms with Crippen LogP contribution >= 0.6 is 46.4 Å². The van der Waals surface area contributed by atoms with Crippen LogP contribution in [0.2, 0.25) is 20.1 Å². The minimum atomic E-state index is -1.42. The van der Waals surface area contributed by atoms with E-state index in [1.54, 1.807) is 0 Å². The first kappa shape index (κ1) is 17.6. The molecule has 1 aliphatic rings. The van der Waals surface area contributed by atoms with E-state index in [-0.39, 0.29) is 38.3 Å². The molecule has 1 amide bonds. The minimum Gasteiger partial charge on any atom is -0.478 e. The Labute approximate surface area is 146 Å². The molecular weight excluding hydrogens is 376 g/mol. The fourth-order valence-electron chi connectivity index (χ4n) is 2.15. The lowest BCUT2D eigenvalue weighted by molar-refractivity contribution is 0.0689. The maximum Gasteiger partial charge on any atom is 0.338 e. The highest BCUT2D eigenvalue weighted by Gasteiger charge is 2.29. The predicted octanol–water partition coefficient (Wildman–Crippen LogP) is 3.91. The number of carboxylic acids is 1. The molecule has 0 aliphatic carbocycles. The summed E-state index contributed by atoms with van der Waals surface area (Å²) in [6.45, 7) is 0.881. The highest BCUT2D eigenvalue weighted by Crippen LogP contribution is 2.41. The summed E-state index contributed by atoms with van der Waals surface area (Å²) in [5.74, 6) is -2.12. The van der Waals surface area contributed by atoms with Crippen LogP contribution in [-0.2, 0) is 4.74 Å². The smallest absolute Gasteiger partial charge is 0.338 e. The Morgan fingerprint density at radius 3 is 2.18 bits per heavy atom. The fraction of sp³-hybridized carbons (Fsp3) is 0.385. The van der Waals surface area contributed by atoms with Gasteiger partial charge in [-0.3, -0.25) is 4.79 Å². The molecule has 2 rings (SSSR count). The molecule has 1 fully saturated rings. The van der Waals surface area contributed by atoms with E-state index in [4.69, 9.17) is 51.1 Å². The molecule has 0 radical (unpaired) electrons. The minimum absolute atomic E-state index is 0.103. The number of aromatic carboxylic acids is 1. The first-order chi connectivity index (χ1) is 10.3. The number of ether oxygens (including phenoxy) is 1. The van der Waals surface area contributed by atoms with Gasteiger partial charge in [-0.15, -0.1) is 0 Å². The van der Waals surface area contributed by atoms with Crippen molar-refractivity contribution in [3.63, 3.8) is 0 Å². The molecule has 1 aromatic rings. The van der Waals surface area contributed by atoms with E-state index < -0.39 is 17.4 Å². The zero-order valence-corrected chi connectivity index (χ0v) is 14.1. The van der Waals surface area contributed by atoms with E-state index in [9.17, 15) is 14.7 Å². The lowest BCUT2D eigenvalue weighted by atomic mass is 10.1. The Hall–Kier alpha value is -0.720. The third-order valence-corrected chi connectivity index (χ3v) is 5.02. The zero-order valence-electron chi connectivity index (χ0n) is 11.1. The molecular formula is C13H11Cl4NO4. The van der Waals surface area contributed by atoms with Crippen LogP contribution in [0.4, 0.5) is 0 Å². The number of nitrogens with one attached hydrogen (secondary N) is 1. The quantitative estimate of drug-likeness (QED) is 0.607. The van der Waals surface area contributed by atoms with Crippen molar-refractivity contribution >= 4 is 58.3 Å². The van der Waals surface area contributed by atoms with E-state index in [0.717, 1.165) is 12.8 Å². The number of carbonyl (C=O) groups excluding carboxylic acids is 1. The second-order valence-electron chi connectivity index (χ2n) is 4.66. The molecule has 9 heteroatoms. The van der Waals surface area contributed by atoms with Gasteiger partial charge in [0.2, 0.25) is 0 Å². The second kappa shape index (κ2) is 7.23. The van der Waals surface area contributed by atoms with Gasteiger partial charge in [0, 0.05) is 13.2 Å². The monoisotopic (exact) mass is 385 g/mol. The van der Waals surface area contributed by atoms with Gasteiger partial charge in [-0.2, -0.15) is 0 Å². The summed E-state index contributed by atoms with van der Waals surface area (Å²) in [6, 6.07) is 0. The molecule has 0 unspecified atom stereocenters. The van der Waals surface area contributed by atoms with Crippen LogP contribution in [0.3, 0.4) is 0 Å². The van der Waals surface area contributed by atoms with Crippen molar-refractivity contribution in [1.29, 1.82) is 0 Å². The van der Waals surface area contributed by atoms with E-state index >= 15 is 0 Å². The fourth-order valence-corrected chi connectivity index (χ4v) is 3.17. The molecule has 1 aliphatic heterocycles. The van der Waals surface area contributed by atoms with Crippen LogP contribution < -0.4 is 5.32 Å². The van der Waals surface area contributed by atoms with Gasteiger partial charge in [-0.05, 0) is 12.8 Å². The van der Waals surface area contributed by atoms with Gasteiger partial charge in [0.05, 0.1) is 37.3 Å². The molecule has 1 heterocycles. The van der Waals surface area contributed by atoms with Crippen molar-refractivity contribution in [3.05, 3.63) is 31.2 Å². The maximum atomic E-state index is 12.3. The van der Waals surface area contributed by atoms with Crippen LogP contribution in [0.5, 0.6) is 0 Å². The summed E-state index contributed by atoms with van der Waals surface area (Å²) in [5, 5.41) is 10.9. The van der Waals surface area contributed by atoms with Gasteiger partial charge in [0.25, 0.3) is 5.91 Å². The van der Waals surface area contributed by atoms with Gasteiger partial charge in [-0.1, -0.05) is 46.4 Å². The predicted molar refractivity (Wildman–Crippen MR) is 84.7 cm³/mol. The molecule has 1 saturated heterocycles. The highest BCUT2D eigenvalue weighted by molar-refractivity contribution is 6.54. The molecule has 0 spiro atoms. The molecule has 0 aromatic heterocycles.